The maximum Gasteiger partial charge on any atom is 0.251 e. The molecule has 0 aliphatic carbocycles. The Morgan fingerprint density at radius 2 is 2.04 bits per heavy atom. The molecule has 0 bridgehead atoms. The number of aliphatic hydroxyl groups excluding tert-OH is 1. The van der Waals surface area contributed by atoms with Crippen LogP contribution < -0.4 is 5.56 Å². The quantitative estimate of drug-likeness (QED) is 0.736. The second kappa shape index (κ2) is 7.46. The number of H-pyrrole nitrogens is 1. The summed E-state index contributed by atoms with van der Waals surface area (Å²) in [7, 11) is 0. The fraction of sp³-hybridized carbons (Fsp3) is 0.350. The van der Waals surface area contributed by atoms with Gasteiger partial charge in [0.05, 0.1) is 17.1 Å². The van der Waals surface area contributed by atoms with E-state index in [1.54, 1.807) is 13.0 Å². The zero-order chi connectivity index (χ0) is 18.8. The van der Waals surface area contributed by atoms with E-state index in [1.165, 1.54) is 0 Å². The Hall–Kier alpha value is -2.77. The van der Waals surface area contributed by atoms with Crippen LogP contribution in [0.5, 0.6) is 0 Å². The van der Waals surface area contributed by atoms with Gasteiger partial charge in [0.15, 0.2) is 0 Å². The van der Waals surface area contributed by atoms with Gasteiger partial charge in [-0.05, 0) is 25.0 Å². The van der Waals surface area contributed by atoms with Crippen LogP contribution in [0.25, 0.3) is 0 Å². The monoisotopic (exact) mass is 365 g/mol. The van der Waals surface area contributed by atoms with Crippen LogP contribution in [0.1, 0.15) is 41.0 Å². The summed E-state index contributed by atoms with van der Waals surface area (Å²) in [4.78, 5) is 21.0. The lowest BCUT2D eigenvalue weighted by Gasteiger charge is -2.18. The molecule has 0 saturated heterocycles. The second-order valence-electron chi connectivity index (χ2n) is 6.98. The van der Waals surface area contributed by atoms with Crippen molar-refractivity contribution in [1.82, 2.24) is 24.6 Å². The number of aromatic nitrogens is 4. The molecule has 1 aliphatic heterocycles. The molecule has 1 aromatic carbocycles. The van der Waals surface area contributed by atoms with Gasteiger partial charge in [-0.25, -0.2) is 4.98 Å². The summed E-state index contributed by atoms with van der Waals surface area (Å²) in [6, 6.07) is 13.1. The molecule has 0 fully saturated rings. The predicted molar refractivity (Wildman–Crippen MR) is 101 cm³/mol. The van der Waals surface area contributed by atoms with Crippen LogP contribution in [0.2, 0.25) is 0 Å². The normalized spacial score (nSPS) is 15.9. The van der Waals surface area contributed by atoms with Gasteiger partial charge in [0.2, 0.25) is 0 Å². The molecule has 2 N–H and O–H groups in total. The molecule has 4 rings (SSSR count). The van der Waals surface area contributed by atoms with E-state index in [0.717, 1.165) is 36.5 Å². The third-order valence-electron chi connectivity index (χ3n) is 4.81. The lowest BCUT2D eigenvalue weighted by atomic mass is 10.1. The fourth-order valence-corrected chi connectivity index (χ4v) is 3.58. The van der Waals surface area contributed by atoms with E-state index in [0.29, 0.717) is 24.6 Å². The summed E-state index contributed by atoms with van der Waals surface area (Å²) < 4.78 is 1.98. The highest BCUT2D eigenvalue weighted by Gasteiger charge is 2.21. The molecule has 0 amide bonds. The van der Waals surface area contributed by atoms with Gasteiger partial charge in [-0.2, -0.15) is 5.10 Å². The van der Waals surface area contributed by atoms with Crippen molar-refractivity contribution in [2.45, 2.75) is 39.1 Å². The molecular weight excluding hydrogens is 342 g/mol. The number of aliphatic hydroxyl groups is 1. The Bertz CT molecular complexity index is 980. The Labute approximate surface area is 157 Å². The molecule has 0 radical (unpaired) electrons. The van der Waals surface area contributed by atoms with E-state index in [2.05, 4.69) is 20.0 Å². The number of fused-ring (bicyclic) bond motifs is 1. The molecule has 140 valence electrons. The van der Waals surface area contributed by atoms with Crippen LogP contribution in [0.4, 0.5) is 0 Å². The van der Waals surface area contributed by atoms with Crippen molar-refractivity contribution >= 4 is 0 Å². The second-order valence-corrected chi connectivity index (χ2v) is 6.98. The Balaban J connectivity index is 1.53. The minimum atomic E-state index is -0.726. The van der Waals surface area contributed by atoms with E-state index < -0.39 is 6.10 Å². The number of hydrogen-bond acceptors (Lipinski definition) is 5. The highest BCUT2D eigenvalue weighted by atomic mass is 16.3. The molecule has 3 aromatic rings. The van der Waals surface area contributed by atoms with Gasteiger partial charge in [-0.15, -0.1) is 0 Å². The van der Waals surface area contributed by atoms with E-state index >= 15 is 0 Å². The standard InChI is InChI=1S/C20H23N5O2/c1-14-21-16(10-19(26)22-14)12-24-8-5-9-25-17(13-24)11-18(23-25)20(27)15-6-3-2-4-7-15/h2-4,6-7,10-11,20,27H,5,8-9,12-13H2,1H3,(H,21,22,26)/t20-/m1/s1. The van der Waals surface area contributed by atoms with Crippen LogP contribution in [0, 0.1) is 6.92 Å². The van der Waals surface area contributed by atoms with E-state index in [1.807, 2.05) is 41.1 Å². The molecule has 0 unspecified atom stereocenters. The number of aryl methyl sites for hydroxylation is 2. The summed E-state index contributed by atoms with van der Waals surface area (Å²) in [6.45, 7) is 4.84. The number of rotatable bonds is 4. The fourth-order valence-electron chi connectivity index (χ4n) is 3.58. The summed E-state index contributed by atoms with van der Waals surface area (Å²) in [6.07, 6.45) is 0.230. The van der Waals surface area contributed by atoms with Crippen LogP contribution in [0.3, 0.4) is 0 Å². The smallest absolute Gasteiger partial charge is 0.251 e. The van der Waals surface area contributed by atoms with Gasteiger partial charge >= 0.3 is 0 Å². The number of nitrogens with one attached hydrogen (secondary N) is 1. The number of hydrogen-bond donors (Lipinski definition) is 2. The highest BCUT2D eigenvalue weighted by Crippen LogP contribution is 2.23. The number of nitrogens with zero attached hydrogens (tertiary/aromatic N) is 4. The van der Waals surface area contributed by atoms with Crippen LogP contribution in [-0.2, 0) is 19.6 Å². The zero-order valence-electron chi connectivity index (χ0n) is 15.3. The third kappa shape index (κ3) is 3.99. The summed E-state index contributed by atoms with van der Waals surface area (Å²) >= 11 is 0. The molecular formula is C20H23N5O2. The zero-order valence-corrected chi connectivity index (χ0v) is 15.3. The Morgan fingerprint density at radius 3 is 2.81 bits per heavy atom. The van der Waals surface area contributed by atoms with E-state index in [-0.39, 0.29) is 5.56 Å². The molecule has 0 saturated carbocycles. The lowest BCUT2D eigenvalue weighted by molar-refractivity contribution is 0.213. The predicted octanol–water partition coefficient (Wildman–Crippen LogP) is 1.76. The van der Waals surface area contributed by atoms with Gasteiger partial charge < -0.3 is 10.1 Å². The van der Waals surface area contributed by atoms with Crippen molar-refractivity contribution in [1.29, 1.82) is 0 Å². The first-order valence-corrected chi connectivity index (χ1v) is 9.17. The summed E-state index contributed by atoms with van der Waals surface area (Å²) in [5.74, 6) is 0.630. The summed E-state index contributed by atoms with van der Waals surface area (Å²) in [5.41, 5.74) is 3.23. The third-order valence-corrected chi connectivity index (χ3v) is 4.81. The first kappa shape index (κ1) is 17.6. The van der Waals surface area contributed by atoms with Crippen LogP contribution in [0.15, 0.2) is 47.3 Å². The first-order chi connectivity index (χ1) is 13.1. The van der Waals surface area contributed by atoms with Crippen molar-refractivity contribution in [2.24, 2.45) is 0 Å². The van der Waals surface area contributed by atoms with Gasteiger partial charge in [-0.1, -0.05) is 30.3 Å². The maximum atomic E-state index is 11.7. The average Bonchev–Trinajstić information content (AvgIpc) is 2.94. The number of aromatic amines is 1. The van der Waals surface area contributed by atoms with Crippen molar-refractivity contribution in [2.75, 3.05) is 6.54 Å². The highest BCUT2D eigenvalue weighted by molar-refractivity contribution is 5.26. The topological polar surface area (TPSA) is 87.0 Å². The molecule has 7 heteroatoms. The van der Waals surface area contributed by atoms with Crippen molar-refractivity contribution in [3.05, 3.63) is 81.3 Å². The number of benzene rings is 1. The average molecular weight is 365 g/mol. The SMILES string of the molecule is Cc1nc(CN2CCCn3nc([C@H](O)c4ccccc4)cc3C2)cc(=O)[nH]1. The maximum absolute atomic E-state index is 11.7. The molecule has 2 aromatic heterocycles. The van der Waals surface area contributed by atoms with Gasteiger partial charge in [-0.3, -0.25) is 14.4 Å². The molecule has 27 heavy (non-hydrogen) atoms. The van der Waals surface area contributed by atoms with Gasteiger partial charge in [0.25, 0.3) is 5.56 Å². The minimum Gasteiger partial charge on any atom is -0.382 e. The molecule has 0 spiro atoms. The van der Waals surface area contributed by atoms with Crippen LogP contribution >= 0.6 is 0 Å². The summed E-state index contributed by atoms with van der Waals surface area (Å²) in [5, 5.41) is 15.3. The van der Waals surface area contributed by atoms with Crippen molar-refractivity contribution in [3.63, 3.8) is 0 Å². The Morgan fingerprint density at radius 1 is 1.22 bits per heavy atom. The molecule has 1 aliphatic rings. The van der Waals surface area contributed by atoms with Gasteiger partial charge in [0.1, 0.15) is 11.9 Å². The Kier molecular flexibility index (Phi) is 4.87. The van der Waals surface area contributed by atoms with Crippen LogP contribution in [-0.4, -0.2) is 36.3 Å². The van der Waals surface area contributed by atoms with Gasteiger partial charge in [0, 0.05) is 32.2 Å². The lowest BCUT2D eigenvalue weighted by Crippen LogP contribution is -2.25. The first-order valence-electron chi connectivity index (χ1n) is 9.17. The van der Waals surface area contributed by atoms with Crippen molar-refractivity contribution in [3.8, 4) is 0 Å². The minimum absolute atomic E-state index is 0.120. The van der Waals surface area contributed by atoms with Crippen molar-refractivity contribution < 1.29 is 5.11 Å². The largest absolute Gasteiger partial charge is 0.382 e. The van der Waals surface area contributed by atoms with E-state index in [4.69, 9.17) is 0 Å². The molecule has 7 nitrogen and oxygen atoms in total. The molecule has 1 atom stereocenters. The van der Waals surface area contributed by atoms with E-state index in [9.17, 15) is 9.90 Å². The molecule has 3 heterocycles.